The van der Waals surface area contributed by atoms with Gasteiger partial charge in [-0.1, -0.05) is 15.9 Å². The Labute approximate surface area is 126 Å². The maximum Gasteiger partial charge on any atom is 0.336 e. The van der Waals surface area contributed by atoms with Crippen LogP contribution in [0.15, 0.2) is 21.1 Å². The van der Waals surface area contributed by atoms with Gasteiger partial charge in [-0.15, -0.1) is 0 Å². The summed E-state index contributed by atoms with van der Waals surface area (Å²) < 4.78 is 6.97. The Morgan fingerprint density at radius 3 is 2.89 bits per heavy atom. The zero-order chi connectivity index (χ0) is 13.6. The summed E-state index contributed by atoms with van der Waals surface area (Å²) in [5.41, 5.74) is 2.48. The monoisotopic (exact) mass is 385 g/mol. The molecule has 0 saturated carbocycles. The van der Waals surface area contributed by atoms with Crippen molar-refractivity contribution in [2.75, 3.05) is 6.61 Å². The number of rotatable bonds is 1. The number of nitrogens with zero attached hydrogens (tertiary/aromatic N) is 1. The Morgan fingerprint density at radius 1 is 1.37 bits per heavy atom. The summed E-state index contributed by atoms with van der Waals surface area (Å²) in [4.78, 5) is 16.2. The number of hydrogen-bond donors (Lipinski definition) is 1. The van der Waals surface area contributed by atoms with Gasteiger partial charge in [0.1, 0.15) is 0 Å². The van der Waals surface area contributed by atoms with E-state index in [1.165, 1.54) is 0 Å². The van der Waals surface area contributed by atoms with Crippen molar-refractivity contribution in [1.82, 2.24) is 4.98 Å². The van der Waals surface area contributed by atoms with Gasteiger partial charge in [0.05, 0.1) is 24.3 Å². The SMILES string of the molecule is O=C(O)c1c2c(nc3c(Br)cc(Br)cc13)CCOC2. The van der Waals surface area contributed by atoms with E-state index < -0.39 is 5.97 Å². The van der Waals surface area contributed by atoms with E-state index >= 15 is 0 Å². The van der Waals surface area contributed by atoms with Gasteiger partial charge in [0.2, 0.25) is 0 Å². The minimum atomic E-state index is -0.945. The van der Waals surface area contributed by atoms with Crippen LogP contribution in [0.1, 0.15) is 21.6 Å². The second kappa shape index (κ2) is 4.85. The first kappa shape index (κ1) is 13.0. The van der Waals surface area contributed by atoms with Crippen LogP contribution in [-0.4, -0.2) is 22.7 Å². The number of benzene rings is 1. The molecule has 19 heavy (non-hydrogen) atoms. The molecule has 0 bridgehead atoms. The van der Waals surface area contributed by atoms with Gasteiger partial charge >= 0.3 is 5.97 Å². The summed E-state index contributed by atoms with van der Waals surface area (Å²) in [5, 5.41) is 10.1. The molecule has 1 aliphatic rings. The molecule has 3 rings (SSSR count). The molecule has 98 valence electrons. The molecule has 6 heteroatoms. The largest absolute Gasteiger partial charge is 0.478 e. The average molecular weight is 387 g/mol. The number of carboxylic acids is 1. The van der Waals surface area contributed by atoms with Crippen molar-refractivity contribution in [3.8, 4) is 0 Å². The summed E-state index contributed by atoms with van der Waals surface area (Å²) in [6.45, 7) is 0.892. The molecule has 0 aliphatic carbocycles. The van der Waals surface area contributed by atoms with Crippen molar-refractivity contribution in [2.45, 2.75) is 13.0 Å². The fourth-order valence-electron chi connectivity index (χ4n) is 2.33. The van der Waals surface area contributed by atoms with Gasteiger partial charge in [0.25, 0.3) is 0 Å². The molecular formula is C13H9Br2NO3. The quantitative estimate of drug-likeness (QED) is 0.814. The van der Waals surface area contributed by atoms with Crippen LogP contribution in [0.4, 0.5) is 0 Å². The van der Waals surface area contributed by atoms with E-state index in [2.05, 4.69) is 36.8 Å². The lowest BCUT2D eigenvalue weighted by Gasteiger charge is -2.19. The van der Waals surface area contributed by atoms with E-state index in [1.807, 2.05) is 6.07 Å². The Hall–Kier alpha value is -0.980. The van der Waals surface area contributed by atoms with E-state index in [-0.39, 0.29) is 0 Å². The number of hydrogen-bond acceptors (Lipinski definition) is 3. The number of carboxylic acid groups (broad SMARTS) is 1. The standard InChI is InChI=1S/C13H9Br2NO3/c14-6-3-7-11(13(17)18)8-5-19-2-1-10(8)16-12(7)9(15)4-6/h3-4H,1-2,5H2,(H,17,18). The molecule has 1 aromatic heterocycles. The minimum Gasteiger partial charge on any atom is -0.478 e. The maximum absolute atomic E-state index is 11.6. The second-order valence-electron chi connectivity index (χ2n) is 4.30. The maximum atomic E-state index is 11.6. The van der Waals surface area contributed by atoms with Gasteiger partial charge in [-0.2, -0.15) is 0 Å². The van der Waals surface area contributed by atoms with Crippen molar-refractivity contribution in [3.63, 3.8) is 0 Å². The molecule has 0 spiro atoms. The van der Waals surface area contributed by atoms with Crippen LogP contribution < -0.4 is 0 Å². The van der Waals surface area contributed by atoms with Gasteiger partial charge in [0.15, 0.2) is 0 Å². The number of carbonyl (C=O) groups is 1. The number of ether oxygens (including phenoxy) is 1. The molecule has 0 unspecified atom stereocenters. The van der Waals surface area contributed by atoms with Crippen LogP contribution in [0.3, 0.4) is 0 Å². The summed E-state index contributed by atoms with van der Waals surface area (Å²) in [5.74, 6) is -0.945. The molecule has 4 nitrogen and oxygen atoms in total. The van der Waals surface area contributed by atoms with E-state index in [0.717, 1.165) is 14.6 Å². The topological polar surface area (TPSA) is 59.4 Å². The molecule has 0 fully saturated rings. The second-order valence-corrected chi connectivity index (χ2v) is 6.07. The number of fused-ring (bicyclic) bond motifs is 2. The third-order valence-electron chi connectivity index (χ3n) is 3.14. The van der Waals surface area contributed by atoms with Gasteiger partial charge < -0.3 is 9.84 Å². The molecule has 2 aromatic rings. The predicted molar refractivity (Wildman–Crippen MR) is 77.5 cm³/mol. The number of pyridine rings is 1. The molecule has 0 saturated heterocycles. The lowest BCUT2D eigenvalue weighted by atomic mass is 9.98. The van der Waals surface area contributed by atoms with Gasteiger partial charge in [0, 0.05) is 32.0 Å². The first-order chi connectivity index (χ1) is 9.08. The molecule has 0 amide bonds. The van der Waals surface area contributed by atoms with E-state index in [9.17, 15) is 9.90 Å². The molecule has 1 N–H and O–H groups in total. The third kappa shape index (κ3) is 2.17. The Kier molecular flexibility index (Phi) is 3.32. The summed E-state index contributed by atoms with van der Waals surface area (Å²) >= 11 is 6.82. The minimum absolute atomic E-state index is 0.293. The van der Waals surface area contributed by atoms with E-state index in [0.29, 0.717) is 41.7 Å². The van der Waals surface area contributed by atoms with Gasteiger partial charge in [-0.05, 0) is 28.1 Å². The van der Waals surface area contributed by atoms with Crippen LogP contribution in [-0.2, 0) is 17.8 Å². The predicted octanol–water partition coefficient (Wildman–Crippen LogP) is 3.53. The highest BCUT2D eigenvalue weighted by Gasteiger charge is 2.23. The van der Waals surface area contributed by atoms with Crippen molar-refractivity contribution >= 4 is 48.7 Å². The zero-order valence-electron chi connectivity index (χ0n) is 9.74. The number of aromatic carboxylic acids is 1. The molecular weight excluding hydrogens is 378 g/mol. The van der Waals surface area contributed by atoms with Crippen LogP contribution in [0.25, 0.3) is 10.9 Å². The molecule has 1 aromatic carbocycles. The smallest absolute Gasteiger partial charge is 0.336 e. The molecule has 0 atom stereocenters. The summed E-state index contributed by atoms with van der Waals surface area (Å²) in [6.07, 6.45) is 0.647. The third-order valence-corrected chi connectivity index (χ3v) is 4.20. The van der Waals surface area contributed by atoms with E-state index in [4.69, 9.17) is 4.74 Å². The average Bonchev–Trinajstić information content (AvgIpc) is 2.36. The molecule has 1 aliphatic heterocycles. The fourth-order valence-corrected chi connectivity index (χ4v) is 3.64. The lowest BCUT2D eigenvalue weighted by Crippen LogP contribution is -2.17. The Bertz CT molecular complexity index is 700. The normalized spacial score (nSPS) is 14.4. The van der Waals surface area contributed by atoms with Crippen LogP contribution in [0, 0.1) is 0 Å². The van der Waals surface area contributed by atoms with Crippen molar-refractivity contribution < 1.29 is 14.6 Å². The van der Waals surface area contributed by atoms with Crippen molar-refractivity contribution in [1.29, 1.82) is 0 Å². The Morgan fingerprint density at radius 2 is 2.16 bits per heavy atom. The van der Waals surface area contributed by atoms with Crippen LogP contribution in [0.2, 0.25) is 0 Å². The van der Waals surface area contributed by atoms with Crippen molar-refractivity contribution in [2.24, 2.45) is 0 Å². The van der Waals surface area contributed by atoms with Gasteiger partial charge in [-0.25, -0.2) is 4.79 Å². The first-order valence-electron chi connectivity index (χ1n) is 5.69. The zero-order valence-corrected chi connectivity index (χ0v) is 12.9. The van der Waals surface area contributed by atoms with E-state index in [1.54, 1.807) is 6.07 Å². The Balaban J connectivity index is 2.46. The summed E-state index contributed by atoms with van der Waals surface area (Å²) in [6, 6.07) is 3.65. The molecule has 2 heterocycles. The molecule has 0 radical (unpaired) electrons. The highest BCUT2D eigenvalue weighted by atomic mass is 79.9. The first-order valence-corrected chi connectivity index (χ1v) is 7.28. The van der Waals surface area contributed by atoms with Crippen molar-refractivity contribution in [3.05, 3.63) is 37.9 Å². The van der Waals surface area contributed by atoms with Gasteiger partial charge in [-0.3, -0.25) is 4.98 Å². The highest BCUT2D eigenvalue weighted by Crippen LogP contribution is 2.33. The summed E-state index contributed by atoms with van der Waals surface area (Å²) in [7, 11) is 0. The highest BCUT2D eigenvalue weighted by molar-refractivity contribution is 9.11. The van der Waals surface area contributed by atoms with Crippen LogP contribution in [0.5, 0.6) is 0 Å². The number of halogens is 2. The lowest BCUT2D eigenvalue weighted by molar-refractivity contribution is 0.0683. The number of aromatic nitrogens is 1. The fraction of sp³-hybridized carbons (Fsp3) is 0.231. The van der Waals surface area contributed by atoms with Crippen LogP contribution >= 0.6 is 31.9 Å².